The summed E-state index contributed by atoms with van der Waals surface area (Å²) in [7, 11) is 1.53. The second-order valence-electron chi connectivity index (χ2n) is 9.12. The molecule has 0 spiro atoms. The van der Waals surface area contributed by atoms with Gasteiger partial charge in [0.25, 0.3) is 11.8 Å². The van der Waals surface area contributed by atoms with Crippen molar-refractivity contribution in [1.82, 2.24) is 5.32 Å². The molecule has 9 heteroatoms. The number of barbiturate groups is 1. The van der Waals surface area contributed by atoms with Crippen LogP contribution < -0.4 is 24.4 Å². The second kappa shape index (κ2) is 12.3. The molecule has 1 aliphatic heterocycles. The van der Waals surface area contributed by atoms with Crippen molar-refractivity contribution in [1.29, 1.82) is 0 Å². The van der Waals surface area contributed by atoms with Gasteiger partial charge in [-0.25, -0.2) is 9.69 Å². The molecule has 0 radical (unpaired) electrons. The van der Waals surface area contributed by atoms with Crippen LogP contribution in [0.4, 0.5) is 10.5 Å². The number of nitrogens with zero attached hydrogens (tertiary/aromatic N) is 1. The smallest absolute Gasteiger partial charge is 0.335 e. The second-order valence-corrected chi connectivity index (χ2v) is 10.3. The van der Waals surface area contributed by atoms with E-state index in [1.165, 1.54) is 13.2 Å². The van der Waals surface area contributed by atoms with Gasteiger partial charge in [-0.2, -0.15) is 0 Å². The third kappa shape index (κ3) is 6.59. The molecule has 4 rings (SSSR count). The maximum atomic E-state index is 13.3. The number of urea groups is 1. The molecule has 0 atom stereocenters. The highest BCUT2D eigenvalue weighted by Crippen LogP contribution is 2.36. The van der Waals surface area contributed by atoms with Crippen molar-refractivity contribution in [3.63, 3.8) is 0 Å². The number of hydrogen-bond acceptors (Lipinski definition) is 6. The Hall–Kier alpha value is -3.86. The van der Waals surface area contributed by atoms with Crippen LogP contribution in [0.1, 0.15) is 35.6 Å². The van der Waals surface area contributed by atoms with E-state index in [-0.39, 0.29) is 5.57 Å². The zero-order valence-corrected chi connectivity index (χ0v) is 24.3. The lowest BCUT2D eigenvalue weighted by Gasteiger charge is -2.26. The van der Waals surface area contributed by atoms with Crippen LogP contribution in [-0.4, -0.2) is 31.6 Å². The van der Waals surface area contributed by atoms with E-state index >= 15 is 0 Å². The molecule has 0 aliphatic carbocycles. The molecule has 1 aliphatic rings. The number of hydrogen-bond donors (Lipinski definition) is 1. The Labute approximate surface area is 241 Å². The van der Waals surface area contributed by atoms with E-state index in [0.717, 1.165) is 31.6 Å². The molecule has 1 N–H and O–H groups in total. The molecule has 4 amide bonds. The van der Waals surface area contributed by atoms with Gasteiger partial charge < -0.3 is 14.2 Å². The molecule has 1 fully saturated rings. The quantitative estimate of drug-likeness (QED) is 0.177. The largest absolute Gasteiger partial charge is 0.494 e. The number of imide groups is 2. The van der Waals surface area contributed by atoms with Crippen LogP contribution >= 0.6 is 22.6 Å². The third-order valence-electron chi connectivity index (χ3n) is 5.90. The summed E-state index contributed by atoms with van der Waals surface area (Å²) in [5.41, 5.74) is 4.04. The first-order valence-corrected chi connectivity index (χ1v) is 13.5. The molecule has 1 heterocycles. The minimum atomic E-state index is -0.813. The first-order chi connectivity index (χ1) is 18.7. The molecule has 1 saturated heterocycles. The van der Waals surface area contributed by atoms with Gasteiger partial charge in [0.2, 0.25) is 0 Å². The topological polar surface area (TPSA) is 94.2 Å². The summed E-state index contributed by atoms with van der Waals surface area (Å²) in [6.07, 6.45) is 2.29. The van der Waals surface area contributed by atoms with Crippen molar-refractivity contribution >= 4 is 52.2 Å². The molecule has 3 aromatic rings. The number of amides is 4. The first-order valence-electron chi connectivity index (χ1n) is 12.4. The van der Waals surface area contributed by atoms with Crippen LogP contribution in [0.25, 0.3) is 6.08 Å². The highest BCUT2D eigenvalue weighted by atomic mass is 127. The van der Waals surface area contributed by atoms with Crippen LogP contribution in [-0.2, 0) is 16.2 Å². The SMILES string of the molecule is CCCOc1ccc(N2C(=O)NC(=O)/C(=C/c3cc(I)c(OCc4cc(C)cc(C)c4)c(OC)c3)C2=O)cc1. The van der Waals surface area contributed by atoms with Gasteiger partial charge in [-0.3, -0.25) is 14.9 Å². The molecular formula is C30H29IN2O6. The van der Waals surface area contributed by atoms with Crippen LogP contribution in [0.5, 0.6) is 17.2 Å². The third-order valence-corrected chi connectivity index (χ3v) is 6.70. The molecule has 8 nitrogen and oxygen atoms in total. The Morgan fingerprint density at radius 1 is 0.949 bits per heavy atom. The first kappa shape index (κ1) is 28.2. The zero-order chi connectivity index (χ0) is 28.1. The van der Waals surface area contributed by atoms with Crippen molar-refractivity contribution in [2.45, 2.75) is 33.8 Å². The number of aryl methyl sites for hydroxylation is 2. The molecule has 39 heavy (non-hydrogen) atoms. The normalized spacial score (nSPS) is 14.4. The van der Waals surface area contributed by atoms with Gasteiger partial charge in [-0.05, 0) is 96.5 Å². The maximum absolute atomic E-state index is 13.3. The zero-order valence-electron chi connectivity index (χ0n) is 22.2. The van der Waals surface area contributed by atoms with E-state index in [1.807, 2.05) is 20.8 Å². The summed E-state index contributed by atoms with van der Waals surface area (Å²) in [5.74, 6) is 0.139. The molecular weight excluding hydrogens is 611 g/mol. The number of benzene rings is 3. The maximum Gasteiger partial charge on any atom is 0.335 e. The summed E-state index contributed by atoms with van der Waals surface area (Å²) in [4.78, 5) is 39.5. The Balaban J connectivity index is 1.60. The van der Waals surface area contributed by atoms with Gasteiger partial charge in [0.15, 0.2) is 11.5 Å². The molecule has 202 valence electrons. The highest BCUT2D eigenvalue weighted by Gasteiger charge is 2.37. The number of rotatable bonds is 9. The van der Waals surface area contributed by atoms with E-state index < -0.39 is 17.8 Å². The van der Waals surface area contributed by atoms with Crippen molar-refractivity contribution in [2.24, 2.45) is 0 Å². The monoisotopic (exact) mass is 640 g/mol. The van der Waals surface area contributed by atoms with Crippen molar-refractivity contribution in [3.05, 3.63) is 86.0 Å². The van der Waals surface area contributed by atoms with Gasteiger partial charge in [0.05, 0.1) is 23.0 Å². The number of carbonyl (C=O) groups is 3. The van der Waals surface area contributed by atoms with E-state index in [0.29, 0.717) is 41.7 Å². The Bertz CT molecular complexity index is 1430. The van der Waals surface area contributed by atoms with Gasteiger partial charge in [-0.1, -0.05) is 36.2 Å². The van der Waals surface area contributed by atoms with Crippen LogP contribution in [0, 0.1) is 17.4 Å². The molecule has 3 aromatic carbocycles. The molecule has 0 unspecified atom stereocenters. The fraction of sp³-hybridized carbons (Fsp3) is 0.233. The summed E-state index contributed by atoms with van der Waals surface area (Å²) in [6, 6.07) is 15.4. The summed E-state index contributed by atoms with van der Waals surface area (Å²) >= 11 is 2.13. The van der Waals surface area contributed by atoms with E-state index in [4.69, 9.17) is 14.2 Å². The van der Waals surface area contributed by atoms with E-state index in [2.05, 4.69) is 46.1 Å². The van der Waals surface area contributed by atoms with Crippen molar-refractivity contribution < 1.29 is 28.6 Å². The van der Waals surface area contributed by atoms with Crippen molar-refractivity contribution in [3.8, 4) is 17.2 Å². The van der Waals surface area contributed by atoms with Crippen LogP contribution in [0.2, 0.25) is 0 Å². The predicted octanol–water partition coefficient (Wildman–Crippen LogP) is 5.95. The molecule has 0 bridgehead atoms. The van der Waals surface area contributed by atoms with Gasteiger partial charge in [0.1, 0.15) is 17.9 Å². The highest BCUT2D eigenvalue weighted by molar-refractivity contribution is 14.1. The van der Waals surface area contributed by atoms with Gasteiger partial charge in [-0.15, -0.1) is 0 Å². The Kier molecular flexibility index (Phi) is 8.90. The number of ether oxygens (including phenoxy) is 3. The minimum Gasteiger partial charge on any atom is -0.494 e. The average molecular weight is 640 g/mol. The number of anilines is 1. The summed E-state index contributed by atoms with van der Waals surface area (Å²) in [6.45, 7) is 6.99. The van der Waals surface area contributed by atoms with Gasteiger partial charge >= 0.3 is 6.03 Å². The number of halogens is 1. The number of nitrogens with one attached hydrogen (secondary N) is 1. The molecule has 0 aromatic heterocycles. The average Bonchev–Trinajstić information content (AvgIpc) is 2.89. The Morgan fingerprint density at radius 2 is 1.64 bits per heavy atom. The van der Waals surface area contributed by atoms with Crippen molar-refractivity contribution in [2.75, 3.05) is 18.6 Å². The van der Waals surface area contributed by atoms with Crippen LogP contribution in [0.3, 0.4) is 0 Å². The number of carbonyl (C=O) groups excluding carboxylic acids is 3. The molecule has 0 saturated carbocycles. The summed E-state index contributed by atoms with van der Waals surface area (Å²) < 4.78 is 18.0. The predicted molar refractivity (Wildman–Crippen MR) is 157 cm³/mol. The van der Waals surface area contributed by atoms with Crippen LogP contribution in [0.15, 0.2) is 60.2 Å². The number of methoxy groups -OCH3 is 1. The minimum absolute atomic E-state index is 0.178. The van der Waals surface area contributed by atoms with Gasteiger partial charge in [0, 0.05) is 0 Å². The fourth-order valence-electron chi connectivity index (χ4n) is 4.24. The van der Waals surface area contributed by atoms with E-state index in [1.54, 1.807) is 36.4 Å². The lowest BCUT2D eigenvalue weighted by atomic mass is 10.1. The Morgan fingerprint density at radius 3 is 2.28 bits per heavy atom. The fourth-order valence-corrected chi connectivity index (χ4v) is 5.02. The summed E-state index contributed by atoms with van der Waals surface area (Å²) in [5, 5.41) is 2.25. The lowest BCUT2D eigenvalue weighted by molar-refractivity contribution is -0.122. The lowest BCUT2D eigenvalue weighted by Crippen LogP contribution is -2.54. The van der Waals surface area contributed by atoms with E-state index in [9.17, 15) is 14.4 Å². The standard InChI is InChI=1S/C30H29IN2O6/c1-5-10-38-23-8-6-22(7-9-23)33-29(35)24(28(34)32-30(33)36)14-20-15-25(31)27(26(16-20)37-4)39-17-21-12-18(2)11-19(3)13-21/h6-9,11-16H,5,10,17H2,1-4H3,(H,32,34,36)/b24-14-.